The van der Waals surface area contributed by atoms with Gasteiger partial charge in [0.2, 0.25) is 5.95 Å². The number of aromatic nitrogens is 2. The number of para-hydroxylation sites is 1. The maximum absolute atomic E-state index is 12.9. The molecule has 2 aliphatic heterocycles. The van der Waals surface area contributed by atoms with Gasteiger partial charge >= 0.3 is 0 Å². The van der Waals surface area contributed by atoms with Gasteiger partial charge in [-0.05, 0) is 38.3 Å². The molecule has 1 unspecified atom stereocenters. The van der Waals surface area contributed by atoms with Crippen LogP contribution in [0.2, 0.25) is 0 Å². The Morgan fingerprint density at radius 2 is 1.89 bits per heavy atom. The van der Waals surface area contributed by atoms with Crippen molar-refractivity contribution in [3.63, 3.8) is 0 Å². The summed E-state index contributed by atoms with van der Waals surface area (Å²) in [5.74, 6) is 1.59. The van der Waals surface area contributed by atoms with Crippen LogP contribution < -0.4 is 9.64 Å². The molecule has 2 fully saturated rings. The number of carbonyl (C=O) groups is 1. The second-order valence-corrected chi connectivity index (χ2v) is 7.31. The minimum atomic E-state index is -0.00291. The van der Waals surface area contributed by atoms with Crippen LogP contribution in [0.25, 0.3) is 0 Å². The van der Waals surface area contributed by atoms with Crippen LogP contribution in [0, 0.1) is 6.92 Å². The van der Waals surface area contributed by atoms with Gasteiger partial charge < -0.3 is 14.5 Å². The number of anilines is 1. The van der Waals surface area contributed by atoms with Crippen LogP contribution in [0.4, 0.5) is 5.95 Å². The molecule has 6 nitrogen and oxygen atoms in total. The van der Waals surface area contributed by atoms with E-state index in [-0.39, 0.29) is 12.0 Å². The lowest BCUT2D eigenvalue weighted by Gasteiger charge is -2.27. The number of ether oxygens (including phenoxy) is 1. The molecule has 0 saturated carbocycles. The average Bonchev–Trinajstić information content (AvgIpc) is 3.17. The average molecular weight is 366 g/mol. The van der Waals surface area contributed by atoms with Gasteiger partial charge in [0.15, 0.2) is 0 Å². The fourth-order valence-electron chi connectivity index (χ4n) is 3.78. The number of rotatable bonds is 4. The number of aryl methyl sites for hydroxylation is 1. The standard InChI is InChI=1S/C21H26N4O2/c1-16-19(14-22-21(23-16)24-11-6-3-7-12-24)20(26)25-13-10-18(15-25)27-17-8-4-2-5-9-17/h2,4-5,8-9,14,18H,3,6-7,10-13,15H2,1H3. The fourth-order valence-corrected chi connectivity index (χ4v) is 3.78. The molecule has 1 atom stereocenters. The molecule has 2 saturated heterocycles. The number of carbonyl (C=O) groups excluding carboxylic acids is 1. The molecule has 6 heteroatoms. The lowest BCUT2D eigenvalue weighted by Crippen LogP contribution is -2.33. The Morgan fingerprint density at radius 1 is 1.11 bits per heavy atom. The highest BCUT2D eigenvalue weighted by Crippen LogP contribution is 2.22. The van der Waals surface area contributed by atoms with Crippen LogP contribution >= 0.6 is 0 Å². The number of likely N-dealkylation sites (tertiary alicyclic amines) is 1. The normalized spacial score (nSPS) is 20.0. The van der Waals surface area contributed by atoms with E-state index in [0.29, 0.717) is 18.7 Å². The molecule has 1 aromatic carbocycles. The van der Waals surface area contributed by atoms with Crippen LogP contribution in [0.5, 0.6) is 5.75 Å². The molecule has 0 spiro atoms. The SMILES string of the molecule is Cc1nc(N2CCCCC2)ncc1C(=O)N1CCC(Oc2ccccc2)C1. The predicted molar refractivity (Wildman–Crippen MR) is 104 cm³/mol. The minimum Gasteiger partial charge on any atom is -0.489 e. The van der Waals surface area contributed by atoms with Crippen molar-refractivity contribution in [1.82, 2.24) is 14.9 Å². The summed E-state index contributed by atoms with van der Waals surface area (Å²) in [6.07, 6.45) is 6.20. The molecular formula is C21H26N4O2. The summed E-state index contributed by atoms with van der Waals surface area (Å²) in [5.41, 5.74) is 1.35. The highest BCUT2D eigenvalue weighted by Gasteiger charge is 2.29. The Bertz CT molecular complexity index is 790. The Balaban J connectivity index is 1.40. The molecule has 0 bridgehead atoms. The zero-order chi connectivity index (χ0) is 18.6. The first kappa shape index (κ1) is 17.8. The Morgan fingerprint density at radius 3 is 2.63 bits per heavy atom. The van der Waals surface area contributed by atoms with Crippen molar-refractivity contribution in [2.45, 2.75) is 38.7 Å². The van der Waals surface area contributed by atoms with Gasteiger partial charge in [-0.2, -0.15) is 0 Å². The van der Waals surface area contributed by atoms with Gasteiger partial charge in [0.05, 0.1) is 17.8 Å². The van der Waals surface area contributed by atoms with Gasteiger partial charge in [-0.25, -0.2) is 9.97 Å². The summed E-state index contributed by atoms with van der Waals surface area (Å²) in [5, 5.41) is 0. The van der Waals surface area contributed by atoms with Crippen molar-refractivity contribution < 1.29 is 9.53 Å². The number of benzene rings is 1. The van der Waals surface area contributed by atoms with Crippen molar-refractivity contribution in [3.8, 4) is 5.75 Å². The van der Waals surface area contributed by atoms with E-state index in [1.807, 2.05) is 42.2 Å². The van der Waals surface area contributed by atoms with Crippen LogP contribution in [0.15, 0.2) is 36.5 Å². The molecule has 1 aromatic heterocycles. The molecule has 3 heterocycles. The Hall–Kier alpha value is -2.63. The molecule has 2 aliphatic rings. The molecule has 1 amide bonds. The first-order valence-electron chi connectivity index (χ1n) is 9.80. The first-order chi connectivity index (χ1) is 13.2. The summed E-state index contributed by atoms with van der Waals surface area (Å²) in [4.78, 5) is 26.1. The van der Waals surface area contributed by atoms with Gasteiger partial charge in [0.1, 0.15) is 11.9 Å². The number of hydrogen-bond donors (Lipinski definition) is 0. The van der Waals surface area contributed by atoms with Gasteiger partial charge in [-0.15, -0.1) is 0 Å². The van der Waals surface area contributed by atoms with Crippen LogP contribution in [0.1, 0.15) is 41.7 Å². The lowest BCUT2D eigenvalue weighted by atomic mass is 10.1. The summed E-state index contributed by atoms with van der Waals surface area (Å²) >= 11 is 0. The van der Waals surface area contributed by atoms with E-state index in [1.165, 1.54) is 19.3 Å². The number of piperidine rings is 1. The molecule has 2 aromatic rings. The second-order valence-electron chi connectivity index (χ2n) is 7.31. The monoisotopic (exact) mass is 366 g/mol. The highest BCUT2D eigenvalue weighted by molar-refractivity contribution is 5.95. The van der Waals surface area contributed by atoms with E-state index in [1.54, 1.807) is 6.20 Å². The van der Waals surface area contributed by atoms with Crippen LogP contribution in [0.3, 0.4) is 0 Å². The van der Waals surface area contributed by atoms with E-state index in [9.17, 15) is 4.79 Å². The molecule has 0 N–H and O–H groups in total. The van der Waals surface area contributed by atoms with Crippen molar-refractivity contribution in [3.05, 3.63) is 47.8 Å². The maximum Gasteiger partial charge on any atom is 0.257 e. The van der Waals surface area contributed by atoms with Gasteiger partial charge in [0.25, 0.3) is 5.91 Å². The Kier molecular flexibility index (Phi) is 5.23. The quantitative estimate of drug-likeness (QED) is 0.832. The van der Waals surface area contributed by atoms with E-state index < -0.39 is 0 Å². The number of amides is 1. The molecule has 0 aliphatic carbocycles. The highest BCUT2D eigenvalue weighted by atomic mass is 16.5. The summed E-state index contributed by atoms with van der Waals surface area (Å²) in [6, 6.07) is 9.77. The van der Waals surface area contributed by atoms with Crippen molar-refractivity contribution in [1.29, 1.82) is 0 Å². The molecule has 142 valence electrons. The fraction of sp³-hybridized carbons (Fsp3) is 0.476. The van der Waals surface area contributed by atoms with Crippen molar-refractivity contribution >= 4 is 11.9 Å². The minimum absolute atomic E-state index is 0.00291. The molecular weight excluding hydrogens is 340 g/mol. The predicted octanol–water partition coefficient (Wildman–Crippen LogP) is 3.07. The summed E-state index contributed by atoms with van der Waals surface area (Å²) in [6.45, 7) is 5.19. The van der Waals surface area contributed by atoms with Crippen molar-refractivity contribution in [2.75, 3.05) is 31.1 Å². The Labute approximate surface area is 160 Å². The summed E-state index contributed by atoms with van der Waals surface area (Å²) in [7, 11) is 0. The number of hydrogen-bond acceptors (Lipinski definition) is 5. The second kappa shape index (κ2) is 7.94. The smallest absolute Gasteiger partial charge is 0.257 e. The van der Waals surface area contributed by atoms with Crippen LogP contribution in [-0.4, -0.2) is 53.1 Å². The van der Waals surface area contributed by atoms with Gasteiger partial charge in [-0.3, -0.25) is 4.79 Å². The third kappa shape index (κ3) is 4.04. The zero-order valence-corrected chi connectivity index (χ0v) is 15.8. The van der Waals surface area contributed by atoms with E-state index in [4.69, 9.17) is 4.74 Å². The third-order valence-electron chi connectivity index (χ3n) is 5.31. The topological polar surface area (TPSA) is 58.6 Å². The first-order valence-corrected chi connectivity index (χ1v) is 9.80. The molecule has 27 heavy (non-hydrogen) atoms. The molecule has 4 rings (SSSR count). The molecule has 0 radical (unpaired) electrons. The van der Waals surface area contributed by atoms with Gasteiger partial charge in [-0.1, -0.05) is 18.2 Å². The largest absolute Gasteiger partial charge is 0.489 e. The maximum atomic E-state index is 12.9. The van der Waals surface area contributed by atoms with Crippen molar-refractivity contribution in [2.24, 2.45) is 0 Å². The van der Waals surface area contributed by atoms with E-state index in [2.05, 4.69) is 14.9 Å². The number of nitrogens with zero attached hydrogens (tertiary/aromatic N) is 4. The van der Waals surface area contributed by atoms with E-state index >= 15 is 0 Å². The van der Waals surface area contributed by atoms with Crippen LogP contribution in [-0.2, 0) is 0 Å². The third-order valence-corrected chi connectivity index (χ3v) is 5.31. The van der Waals surface area contributed by atoms with E-state index in [0.717, 1.165) is 36.9 Å². The summed E-state index contributed by atoms with van der Waals surface area (Å²) < 4.78 is 5.99. The lowest BCUT2D eigenvalue weighted by molar-refractivity contribution is 0.0770. The zero-order valence-electron chi connectivity index (χ0n) is 15.8. The van der Waals surface area contributed by atoms with Gasteiger partial charge in [0, 0.05) is 32.3 Å².